The van der Waals surface area contributed by atoms with Gasteiger partial charge in [-0.25, -0.2) is 0 Å². The lowest BCUT2D eigenvalue weighted by Crippen LogP contribution is -2.21. The van der Waals surface area contributed by atoms with Crippen molar-refractivity contribution in [2.75, 3.05) is 6.54 Å². The molecule has 14 heavy (non-hydrogen) atoms. The molecule has 0 bridgehead atoms. The molecule has 0 spiro atoms. The van der Waals surface area contributed by atoms with E-state index in [1.807, 2.05) is 0 Å². The average Bonchev–Trinajstić information content (AvgIpc) is 2.19. The van der Waals surface area contributed by atoms with Gasteiger partial charge in [0.2, 0.25) is 0 Å². The van der Waals surface area contributed by atoms with E-state index < -0.39 is 6.04 Å². The van der Waals surface area contributed by atoms with Crippen LogP contribution in [0.15, 0.2) is 12.1 Å². The van der Waals surface area contributed by atoms with Crippen LogP contribution in [-0.4, -0.2) is 16.8 Å². The van der Waals surface area contributed by atoms with Gasteiger partial charge in [0.1, 0.15) is 5.75 Å². The molecule has 0 radical (unpaired) electrons. The van der Waals surface area contributed by atoms with Crippen molar-refractivity contribution in [1.82, 2.24) is 0 Å². The second kappa shape index (κ2) is 4.61. The largest absolute Gasteiger partial charge is 0.507 e. The van der Waals surface area contributed by atoms with Crippen LogP contribution >= 0.6 is 11.6 Å². The molecule has 0 aliphatic rings. The summed E-state index contributed by atoms with van der Waals surface area (Å²) in [7, 11) is 0. The molecule has 0 unspecified atom stereocenters. The van der Waals surface area contributed by atoms with Crippen molar-refractivity contribution in [3.05, 3.63) is 28.3 Å². The Labute approximate surface area is 87.1 Å². The van der Waals surface area contributed by atoms with Gasteiger partial charge >= 0.3 is 0 Å². The van der Waals surface area contributed by atoms with Crippen molar-refractivity contribution in [3.63, 3.8) is 0 Å². The molecule has 1 aromatic carbocycles. The Bertz CT molecular complexity index is 331. The number of aromatic hydroxyl groups is 1. The molecule has 0 aliphatic carbocycles. The molecule has 78 valence electrons. The zero-order valence-corrected chi connectivity index (χ0v) is 8.33. The zero-order valence-electron chi connectivity index (χ0n) is 7.57. The van der Waals surface area contributed by atoms with Gasteiger partial charge in [0.15, 0.2) is 0 Å². The SMILES string of the molecule is NC[C@@H](N)c1cc(Cl)cc(CO)c1O. The number of halogens is 1. The van der Waals surface area contributed by atoms with Gasteiger partial charge in [-0.05, 0) is 12.1 Å². The Morgan fingerprint density at radius 2 is 2.07 bits per heavy atom. The fourth-order valence-corrected chi connectivity index (χ4v) is 1.46. The Morgan fingerprint density at radius 1 is 1.43 bits per heavy atom. The predicted molar refractivity (Wildman–Crippen MR) is 55.0 cm³/mol. The summed E-state index contributed by atoms with van der Waals surface area (Å²) < 4.78 is 0. The van der Waals surface area contributed by atoms with Gasteiger partial charge in [0, 0.05) is 28.7 Å². The monoisotopic (exact) mass is 216 g/mol. The summed E-state index contributed by atoms with van der Waals surface area (Å²) in [5, 5.41) is 19.0. The van der Waals surface area contributed by atoms with Crippen LogP contribution in [0.5, 0.6) is 5.75 Å². The standard InChI is InChI=1S/C9H13ClN2O2/c10-6-1-5(4-13)9(14)7(2-6)8(12)3-11/h1-2,8,13-14H,3-4,11-12H2/t8-/m1/s1. The van der Waals surface area contributed by atoms with Crippen LogP contribution in [0.3, 0.4) is 0 Å². The zero-order chi connectivity index (χ0) is 10.7. The highest BCUT2D eigenvalue weighted by atomic mass is 35.5. The molecule has 1 aromatic rings. The van der Waals surface area contributed by atoms with Gasteiger partial charge in [-0.3, -0.25) is 0 Å². The van der Waals surface area contributed by atoms with E-state index in [2.05, 4.69) is 0 Å². The maximum atomic E-state index is 9.66. The average molecular weight is 217 g/mol. The molecule has 0 fully saturated rings. The number of hydrogen-bond donors (Lipinski definition) is 4. The van der Waals surface area contributed by atoms with Crippen molar-refractivity contribution in [2.45, 2.75) is 12.6 Å². The number of aliphatic hydroxyl groups excluding tert-OH is 1. The van der Waals surface area contributed by atoms with Crippen LogP contribution < -0.4 is 11.5 Å². The van der Waals surface area contributed by atoms with Gasteiger partial charge in [-0.15, -0.1) is 0 Å². The van der Waals surface area contributed by atoms with Gasteiger partial charge in [-0.1, -0.05) is 11.6 Å². The van der Waals surface area contributed by atoms with E-state index in [1.165, 1.54) is 6.07 Å². The predicted octanol–water partition coefficient (Wildman–Crippen LogP) is 0.496. The van der Waals surface area contributed by atoms with Gasteiger partial charge < -0.3 is 21.7 Å². The van der Waals surface area contributed by atoms with Crippen LogP contribution in [0.2, 0.25) is 5.02 Å². The van der Waals surface area contributed by atoms with E-state index in [0.717, 1.165) is 0 Å². The van der Waals surface area contributed by atoms with Crippen molar-refractivity contribution < 1.29 is 10.2 Å². The van der Waals surface area contributed by atoms with Gasteiger partial charge in [-0.2, -0.15) is 0 Å². The Hall–Kier alpha value is -0.810. The highest BCUT2D eigenvalue weighted by Gasteiger charge is 2.13. The minimum atomic E-state index is -0.473. The summed E-state index contributed by atoms with van der Waals surface area (Å²) in [5.41, 5.74) is 11.9. The van der Waals surface area contributed by atoms with Crippen molar-refractivity contribution in [3.8, 4) is 5.75 Å². The lowest BCUT2D eigenvalue weighted by Gasteiger charge is -2.14. The summed E-state index contributed by atoms with van der Waals surface area (Å²) >= 11 is 5.78. The van der Waals surface area contributed by atoms with Crippen LogP contribution in [0, 0.1) is 0 Å². The van der Waals surface area contributed by atoms with E-state index >= 15 is 0 Å². The summed E-state index contributed by atoms with van der Waals surface area (Å²) in [5.74, 6) is -0.0325. The first kappa shape index (κ1) is 11.3. The topological polar surface area (TPSA) is 92.5 Å². The minimum absolute atomic E-state index is 0.0325. The highest BCUT2D eigenvalue weighted by molar-refractivity contribution is 6.30. The van der Waals surface area contributed by atoms with Crippen molar-refractivity contribution >= 4 is 11.6 Å². The number of benzene rings is 1. The summed E-state index contributed by atoms with van der Waals surface area (Å²) in [4.78, 5) is 0. The van der Waals surface area contributed by atoms with E-state index in [4.69, 9.17) is 28.2 Å². The van der Waals surface area contributed by atoms with Crippen LogP contribution in [0.25, 0.3) is 0 Å². The van der Waals surface area contributed by atoms with Crippen LogP contribution in [-0.2, 0) is 6.61 Å². The van der Waals surface area contributed by atoms with Crippen LogP contribution in [0.1, 0.15) is 17.2 Å². The van der Waals surface area contributed by atoms with E-state index in [0.29, 0.717) is 16.1 Å². The summed E-state index contributed by atoms with van der Waals surface area (Å²) in [6.45, 7) is -0.0740. The fraction of sp³-hybridized carbons (Fsp3) is 0.333. The Balaban J connectivity index is 3.21. The molecule has 1 atom stereocenters. The molecular weight excluding hydrogens is 204 g/mol. The lowest BCUT2D eigenvalue weighted by molar-refractivity contribution is 0.275. The maximum Gasteiger partial charge on any atom is 0.126 e. The van der Waals surface area contributed by atoms with Crippen molar-refractivity contribution in [2.24, 2.45) is 11.5 Å². The number of nitrogens with two attached hydrogens (primary N) is 2. The lowest BCUT2D eigenvalue weighted by atomic mass is 10.0. The Morgan fingerprint density at radius 3 is 2.57 bits per heavy atom. The molecule has 0 amide bonds. The number of phenols is 1. The quantitative estimate of drug-likeness (QED) is 0.592. The molecule has 0 aliphatic heterocycles. The van der Waals surface area contributed by atoms with Gasteiger partial charge in [0.05, 0.1) is 6.61 Å². The molecule has 0 saturated heterocycles. The Kier molecular flexibility index (Phi) is 3.71. The van der Waals surface area contributed by atoms with E-state index in [1.54, 1.807) is 6.07 Å². The smallest absolute Gasteiger partial charge is 0.126 e. The molecule has 0 heterocycles. The molecule has 1 rings (SSSR count). The van der Waals surface area contributed by atoms with E-state index in [-0.39, 0.29) is 18.9 Å². The third-order valence-corrected chi connectivity index (χ3v) is 2.23. The van der Waals surface area contributed by atoms with Crippen LogP contribution in [0.4, 0.5) is 0 Å². The molecule has 0 saturated carbocycles. The second-order valence-corrected chi connectivity index (χ2v) is 3.44. The number of aliphatic hydroxyl groups is 1. The fourth-order valence-electron chi connectivity index (χ4n) is 1.21. The molecule has 6 N–H and O–H groups in total. The highest BCUT2D eigenvalue weighted by Crippen LogP contribution is 2.30. The second-order valence-electron chi connectivity index (χ2n) is 3.00. The third-order valence-electron chi connectivity index (χ3n) is 2.01. The van der Waals surface area contributed by atoms with Crippen molar-refractivity contribution in [1.29, 1.82) is 0 Å². The first-order valence-corrected chi connectivity index (χ1v) is 4.55. The number of hydrogen-bond acceptors (Lipinski definition) is 4. The minimum Gasteiger partial charge on any atom is -0.507 e. The molecule has 5 heteroatoms. The maximum absolute atomic E-state index is 9.66. The first-order chi connectivity index (χ1) is 6.60. The normalized spacial score (nSPS) is 12.9. The number of rotatable bonds is 3. The summed E-state index contributed by atoms with van der Waals surface area (Å²) in [6, 6.07) is 2.57. The van der Waals surface area contributed by atoms with E-state index in [9.17, 15) is 5.11 Å². The third kappa shape index (κ3) is 2.16. The summed E-state index contributed by atoms with van der Waals surface area (Å²) in [6.07, 6.45) is 0. The molecular formula is C9H13ClN2O2. The van der Waals surface area contributed by atoms with Gasteiger partial charge in [0.25, 0.3) is 0 Å². The molecule has 0 aromatic heterocycles. The molecule has 4 nitrogen and oxygen atoms in total. The first-order valence-electron chi connectivity index (χ1n) is 4.18.